The first-order valence-corrected chi connectivity index (χ1v) is 7.88. The summed E-state index contributed by atoms with van der Waals surface area (Å²) in [5.74, 6) is -1.43. The van der Waals surface area contributed by atoms with Gasteiger partial charge in [-0.15, -0.1) is 11.3 Å². The zero-order valence-corrected chi connectivity index (χ0v) is 13.1. The fourth-order valence-corrected chi connectivity index (χ4v) is 2.53. The summed E-state index contributed by atoms with van der Waals surface area (Å²) in [5, 5.41) is 7.53. The SMILES string of the molecule is O=C(Nc1nccs1)c1ccc(NC(=O)c2ccccc2F)cc1. The van der Waals surface area contributed by atoms with E-state index in [1.165, 1.54) is 29.5 Å². The average molecular weight is 341 g/mol. The Morgan fingerprint density at radius 1 is 0.958 bits per heavy atom. The number of aromatic nitrogens is 1. The van der Waals surface area contributed by atoms with E-state index in [9.17, 15) is 14.0 Å². The molecule has 0 atom stereocenters. The van der Waals surface area contributed by atoms with Crippen LogP contribution in [0.25, 0.3) is 0 Å². The van der Waals surface area contributed by atoms with Crippen LogP contribution in [-0.4, -0.2) is 16.8 Å². The molecular formula is C17H12FN3O2S. The van der Waals surface area contributed by atoms with E-state index in [1.807, 2.05) is 0 Å². The van der Waals surface area contributed by atoms with Gasteiger partial charge in [0.25, 0.3) is 11.8 Å². The molecule has 1 heterocycles. The van der Waals surface area contributed by atoms with Gasteiger partial charge in [-0.2, -0.15) is 0 Å². The molecule has 2 N–H and O–H groups in total. The minimum atomic E-state index is -0.588. The lowest BCUT2D eigenvalue weighted by molar-refractivity contribution is 0.101. The molecule has 0 spiro atoms. The Bertz CT molecular complexity index is 864. The maximum absolute atomic E-state index is 13.6. The molecule has 0 aliphatic rings. The lowest BCUT2D eigenvalue weighted by Gasteiger charge is -2.07. The molecule has 7 heteroatoms. The van der Waals surface area contributed by atoms with Gasteiger partial charge in [0.1, 0.15) is 5.82 Å². The fourth-order valence-electron chi connectivity index (χ4n) is 2.00. The van der Waals surface area contributed by atoms with E-state index in [2.05, 4.69) is 15.6 Å². The monoisotopic (exact) mass is 341 g/mol. The summed E-state index contributed by atoms with van der Waals surface area (Å²) in [6, 6.07) is 12.0. The zero-order chi connectivity index (χ0) is 16.9. The van der Waals surface area contributed by atoms with E-state index >= 15 is 0 Å². The summed E-state index contributed by atoms with van der Waals surface area (Å²) in [6.07, 6.45) is 1.60. The van der Waals surface area contributed by atoms with Crippen molar-refractivity contribution in [1.82, 2.24) is 4.98 Å². The number of hydrogen-bond donors (Lipinski definition) is 2. The van der Waals surface area contributed by atoms with Crippen LogP contribution in [0.4, 0.5) is 15.2 Å². The second-order valence-corrected chi connectivity index (χ2v) is 5.70. The molecule has 0 saturated heterocycles. The maximum Gasteiger partial charge on any atom is 0.258 e. The van der Waals surface area contributed by atoms with Gasteiger partial charge in [-0.3, -0.25) is 14.9 Å². The summed E-state index contributed by atoms with van der Waals surface area (Å²) in [6.45, 7) is 0. The number of hydrogen-bond acceptors (Lipinski definition) is 4. The van der Waals surface area contributed by atoms with Crippen molar-refractivity contribution in [3.8, 4) is 0 Å². The second-order valence-electron chi connectivity index (χ2n) is 4.80. The quantitative estimate of drug-likeness (QED) is 0.758. The van der Waals surface area contributed by atoms with E-state index in [1.54, 1.807) is 41.9 Å². The Morgan fingerprint density at radius 3 is 2.38 bits per heavy atom. The number of carbonyl (C=O) groups excluding carboxylic acids is 2. The highest BCUT2D eigenvalue weighted by Gasteiger charge is 2.12. The number of halogens is 1. The first-order chi connectivity index (χ1) is 11.6. The molecule has 0 aliphatic heterocycles. The number of rotatable bonds is 4. The van der Waals surface area contributed by atoms with Gasteiger partial charge < -0.3 is 5.32 Å². The van der Waals surface area contributed by atoms with Crippen molar-refractivity contribution in [3.63, 3.8) is 0 Å². The Labute approximate surface area is 141 Å². The Balaban J connectivity index is 1.67. The van der Waals surface area contributed by atoms with Gasteiger partial charge >= 0.3 is 0 Å². The van der Waals surface area contributed by atoms with E-state index in [0.29, 0.717) is 16.4 Å². The molecule has 0 aliphatic carbocycles. The van der Waals surface area contributed by atoms with Crippen molar-refractivity contribution >= 4 is 34.0 Å². The van der Waals surface area contributed by atoms with Gasteiger partial charge in [-0.05, 0) is 36.4 Å². The van der Waals surface area contributed by atoms with Gasteiger partial charge in [0.05, 0.1) is 5.56 Å². The molecule has 24 heavy (non-hydrogen) atoms. The standard InChI is InChI=1S/C17H12FN3O2S/c18-14-4-2-1-3-13(14)16(23)20-12-7-5-11(6-8-12)15(22)21-17-19-9-10-24-17/h1-10H,(H,20,23)(H,19,21,22). The minimum absolute atomic E-state index is 0.0388. The molecule has 0 bridgehead atoms. The summed E-state index contributed by atoms with van der Waals surface area (Å²) in [4.78, 5) is 28.0. The van der Waals surface area contributed by atoms with Crippen LogP contribution in [-0.2, 0) is 0 Å². The number of nitrogens with one attached hydrogen (secondary N) is 2. The van der Waals surface area contributed by atoms with Crippen molar-refractivity contribution in [2.45, 2.75) is 0 Å². The van der Waals surface area contributed by atoms with Crippen LogP contribution >= 0.6 is 11.3 Å². The number of anilines is 2. The molecule has 0 fully saturated rings. The molecule has 0 radical (unpaired) electrons. The molecule has 5 nitrogen and oxygen atoms in total. The molecule has 0 unspecified atom stereocenters. The summed E-state index contributed by atoms with van der Waals surface area (Å²) in [7, 11) is 0. The third-order valence-corrected chi connectivity index (χ3v) is 3.86. The number of amides is 2. The van der Waals surface area contributed by atoms with E-state index in [4.69, 9.17) is 0 Å². The number of benzene rings is 2. The van der Waals surface area contributed by atoms with Crippen molar-refractivity contribution in [3.05, 3.63) is 77.1 Å². The third kappa shape index (κ3) is 3.64. The van der Waals surface area contributed by atoms with Crippen LogP contribution in [0.5, 0.6) is 0 Å². The summed E-state index contributed by atoms with van der Waals surface area (Å²) >= 11 is 1.32. The predicted octanol–water partition coefficient (Wildman–Crippen LogP) is 3.79. The highest BCUT2D eigenvalue weighted by Crippen LogP contribution is 2.15. The van der Waals surface area contributed by atoms with Crippen LogP contribution in [0.1, 0.15) is 20.7 Å². The normalized spacial score (nSPS) is 10.2. The Kier molecular flexibility index (Phi) is 4.62. The van der Waals surface area contributed by atoms with Crippen molar-refractivity contribution in [2.75, 3.05) is 10.6 Å². The van der Waals surface area contributed by atoms with Crippen LogP contribution in [0, 0.1) is 5.82 Å². The molecule has 120 valence electrons. The van der Waals surface area contributed by atoms with Gasteiger partial charge in [0.15, 0.2) is 5.13 Å². The Hall–Kier alpha value is -3.06. The maximum atomic E-state index is 13.6. The van der Waals surface area contributed by atoms with Crippen LogP contribution in [0.2, 0.25) is 0 Å². The molecule has 3 aromatic rings. The van der Waals surface area contributed by atoms with Crippen molar-refractivity contribution in [2.24, 2.45) is 0 Å². The molecule has 2 aromatic carbocycles. The van der Waals surface area contributed by atoms with Crippen LogP contribution in [0.3, 0.4) is 0 Å². The van der Waals surface area contributed by atoms with Gasteiger partial charge in [0, 0.05) is 22.8 Å². The highest BCUT2D eigenvalue weighted by molar-refractivity contribution is 7.13. The van der Waals surface area contributed by atoms with Crippen molar-refractivity contribution < 1.29 is 14.0 Å². The lowest BCUT2D eigenvalue weighted by atomic mass is 10.1. The van der Waals surface area contributed by atoms with Gasteiger partial charge in [-0.25, -0.2) is 9.37 Å². The van der Waals surface area contributed by atoms with Gasteiger partial charge in [0.2, 0.25) is 0 Å². The van der Waals surface area contributed by atoms with Crippen molar-refractivity contribution in [1.29, 1.82) is 0 Å². The summed E-state index contributed by atoms with van der Waals surface area (Å²) in [5.41, 5.74) is 0.853. The highest BCUT2D eigenvalue weighted by atomic mass is 32.1. The fraction of sp³-hybridized carbons (Fsp3) is 0. The predicted molar refractivity (Wildman–Crippen MR) is 90.9 cm³/mol. The molecule has 2 amide bonds. The smallest absolute Gasteiger partial charge is 0.258 e. The molecule has 1 aromatic heterocycles. The Morgan fingerprint density at radius 2 is 1.71 bits per heavy atom. The second kappa shape index (κ2) is 7.01. The molecule has 3 rings (SSSR count). The third-order valence-electron chi connectivity index (χ3n) is 3.18. The molecule has 0 saturated carbocycles. The minimum Gasteiger partial charge on any atom is -0.322 e. The van der Waals surface area contributed by atoms with Gasteiger partial charge in [-0.1, -0.05) is 12.1 Å². The molecular weight excluding hydrogens is 329 g/mol. The summed E-state index contributed by atoms with van der Waals surface area (Å²) < 4.78 is 13.6. The first-order valence-electron chi connectivity index (χ1n) is 7.00. The number of thiazole rings is 1. The van der Waals surface area contributed by atoms with E-state index < -0.39 is 11.7 Å². The lowest BCUT2D eigenvalue weighted by Crippen LogP contribution is -2.14. The number of carbonyl (C=O) groups is 2. The first kappa shape index (κ1) is 15.8. The zero-order valence-electron chi connectivity index (χ0n) is 12.3. The topological polar surface area (TPSA) is 71.1 Å². The van der Waals surface area contributed by atoms with E-state index in [0.717, 1.165) is 0 Å². The van der Waals surface area contributed by atoms with E-state index in [-0.39, 0.29) is 11.5 Å². The average Bonchev–Trinajstić information content (AvgIpc) is 3.08. The largest absolute Gasteiger partial charge is 0.322 e. The number of nitrogens with zero attached hydrogens (tertiary/aromatic N) is 1. The van der Waals surface area contributed by atoms with Crippen LogP contribution in [0.15, 0.2) is 60.1 Å². The van der Waals surface area contributed by atoms with Crippen LogP contribution < -0.4 is 10.6 Å².